The molecule has 0 atom stereocenters. The lowest BCUT2D eigenvalue weighted by molar-refractivity contribution is -0.119. The Morgan fingerprint density at radius 3 is 2.68 bits per heavy atom. The van der Waals surface area contributed by atoms with Crippen molar-refractivity contribution in [3.63, 3.8) is 0 Å². The van der Waals surface area contributed by atoms with E-state index in [1.54, 1.807) is 30.3 Å². The number of hydrogen-bond acceptors (Lipinski definition) is 5. The van der Waals surface area contributed by atoms with Crippen molar-refractivity contribution in [2.24, 2.45) is 5.92 Å². The largest absolute Gasteiger partial charge is 0.451 e. The first kappa shape index (κ1) is 21.1. The Kier molecular flexibility index (Phi) is 7.74. The number of nitrogens with one attached hydrogen (secondary N) is 3. The van der Waals surface area contributed by atoms with Crippen molar-refractivity contribution in [2.75, 3.05) is 18.5 Å². The maximum Gasteiger partial charge on any atom is 0.359 e. The molecular weight excluding hydrogens is 360 g/mol. The van der Waals surface area contributed by atoms with Gasteiger partial charge in [-0.3, -0.25) is 14.7 Å². The monoisotopic (exact) mass is 386 g/mol. The summed E-state index contributed by atoms with van der Waals surface area (Å²) in [5, 5.41) is 12.1. The van der Waals surface area contributed by atoms with Gasteiger partial charge in [0, 0.05) is 12.2 Å². The van der Waals surface area contributed by atoms with Crippen molar-refractivity contribution < 1.29 is 19.1 Å². The van der Waals surface area contributed by atoms with Gasteiger partial charge >= 0.3 is 5.97 Å². The Labute approximate surface area is 164 Å². The number of esters is 1. The van der Waals surface area contributed by atoms with Crippen LogP contribution in [0.1, 0.15) is 53.7 Å². The van der Waals surface area contributed by atoms with E-state index in [2.05, 4.69) is 20.8 Å². The number of carbonyl (C=O) groups is 3. The standard InChI is InChI=1S/C20H26N4O4/c1-4-7-14-10-17(24-23-14)20(27)28-12-18(25)22-16-9-6-5-8-15(16)19(26)21-11-13(2)3/h5-6,8-10,13H,4,7,11-12H2,1-3H3,(H,21,26)(H,22,25)(H,23,24). The van der Waals surface area contributed by atoms with Gasteiger partial charge in [-0.25, -0.2) is 4.79 Å². The number of anilines is 1. The molecule has 0 radical (unpaired) electrons. The van der Waals surface area contributed by atoms with Crippen LogP contribution in [0, 0.1) is 5.92 Å². The summed E-state index contributed by atoms with van der Waals surface area (Å²) < 4.78 is 5.00. The first-order chi connectivity index (χ1) is 13.4. The van der Waals surface area contributed by atoms with Crippen molar-refractivity contribution in [3.05, 3.63) is 47.3 Å². The van der Waals surface area contributed by atoms with Crippen LogP contribution in [0.3, 0.4) is 0 Å². The minimum Gasteiger partial charge on any atom is -0.451 e. The number of aryl methyl sites for hydroxylation is 1. The average molecular weight is 386 g/mol. The zero-order valence-electron chi connectivity index (χ0n) is 16.4. The molecule has 3 N–H and O–H groups in total. The Morgan fingerprint density at radius 1 is 1.21 bits per heavy atom. The van der Waals surface area contributed by atoms with E-state index in [-0.39, 0.29) is 11.6 Å². The zero-order chi connectivity index (χ0) is 20.5. The molecule has 2 amide bonds. The number of rotatable bonds is 9. The molecule has 0 aliphatic carbocycles. The van der Waals surface area contributed by atoms with Crippen LogP contribution in [0.5, 0.6) is 0 Å². The van der Waals surface area contributed by atoms with E-state index in [0.717, 1.165) is 18.5 Å². The molecule has 150 valence electrons. The highest BCUT2D eigenvalue weighted by Crippen LogP contribution is 2.15. The summed E-state index contributed by atoms with van der Waals surface area (Å²) in [6.45, 7) is 6.06. The smallest absolute Gasteiger partial charge is 0.359 e. The van der Waals surface area contributed by atoms with Crippen molar-refractivity contribution >= 4 is 23.5 Å². The van der Waals surface area contributed by atoms with Crippen LogP contribution in [-0.2, 0) is 16.0 Å². The molecular formula is C20H26N4O4. The molecule has 0 saturated carbocycles. The second-order valence-corrected chi connectivity index (χ2v) is 6.80. The van der Waals surface area contributed by atoms with Crippen LogP contribution in [-0.4, -0.2) is 41.1 Å². The van der Waals surface area contributed by atoms with Crippen molar-refractivity contribution in [3.8, 4) is 0 Å². The fourth-order valence-corrected chi connectivity index (χ4v) is 2.44. The molecule has 2 rings (SSSR count). The maximum atomic E-state index is 12.3. The predicted molar refractivity (Wildman–Crippen MR) is 105 cm³/mol. The fraction of sp³-hybridized carbons (Fsp3) is 0.400. The number of amides is 2. The summed E-state index contributed by atoms with van der Waals surface area (Å²) >= 11 is 0. The van der Waals surface area contributed by atoms with Gasteiger partial charge in [-0.15, -0.1) is 0 Å². The van der Waals surface area contributed by atoms with Gasteiger partial charge in [-0.2, -0.15) is 5.10 Å². The van der Waals surface area contributed by atoms with Crippen LogP contribution in [0.25, 0.3) is 0 Å². The maximum absolute atomic E-state index is 12.3. The average Bonchev–Trinajstić information content (AvgIpc) is 3.13. The number of nitrogens with zero attached hydrogens (tertiary/aromatic N) is 1. The van der Waals surface area contributed by atoms with E-state index in [1.807, 2.05) is 20.8 Å². The Bertz CT molecular complexity index is 829. The van der Waals surface area contributed by atoms with Gasteiger partial charge in [0.2, 0.25) is 0 Å². The number of hydrogen-bond donors (Lipinski definition) is 3. The highest BCUT2D eigenvalue weighted by molar-refractivity contribution is 6.04. The molecule has 0 bridgehead atoms. The molecule has 28 heavy (non-hydrogen) atoms. The summed E-state index contributed by atoms with van der Waals surface area (Å²) in [6, 6.07) is 8.27. The molecule has 0 unspecified atom stereocenters. The first-order valence-corrected chi connectivity index (χ1v) is 9.29. The lowest BCUT2D eigenvalue weighted by Crippen LogP contribution is -2.29. The van der Waals surface area contributed by atoms with Crippen molar-refractivity contribution in [2.45, 2.75) is 33.6 Å². The summed E-state index contributed by atoms with van der Waals surface area (Å²) in [5.41, 5.74) is 1.67. The Morgan fingerprint density at radius 2 is 1.96 bits per heavy atom. The van der Waals surface area contributed by atoms with E-state index >= 15 is 0 Å². The third kappa shape index (κ3) is 6.22. The summed E-state index contributed by atoms with van der Waals surface area (Å²) in [7, 11) is 0. The number of carbonyl (C=O) groups excluding carboxylic acids is 3. The van der Waals surface area contributed by atoms with Crippen molar-refractivity contribution in [1.29, 1.82) is 0 Å². The van der Waals surface area contributed by atoms with E-state index in [1.165, 1.54) is 0 Å². The quantitative estimate of drug-likeness (QED) is 0.573. The number of H-pyrrole nitrogens is 1. The van der Waals surface area contributed by atoms with Gasteiger partial charge in [0.05, 0.1) is 11.3 Å². The van der Waals surface area contributed by atoms with E-state index < -0.39 is 18.5 Å². The molecule has 1 aromatic carbocycles. The van der Waals surface area contributed by atoms with E-state index in [4.69, 9.17) is 4.74 Å². The molecule has 1 heterocycles. The summed E-state index contributed by atoms with van der Waals surface area (Å²) in [6.07, 6.45) is 1.69. The topological polar surface area (TPSA) is 113 Å². The second-order valence-electron chi connectivity index (χ2n) is 6.80. The summed E-state index contributed by atoms with van der Waals surface area (Å²) in [5.74, 6) is -1.19. The van der Waals surface area contributed by atoms with Gasteiger partial charge in [0.1, 0.15) is 0 Å². The fourth-order valence-electron chi connectivity index (χ4n) is 2.44. The Balaban J connectivity index is 1.92. The number of para-hydroxylation sites is 1. The molecule has 0 fully saturated rings. The lowest BCUT2D eigenvalue weighted by atomic mass is 10.1. The molecule has 2 aromatic rings. The lowest BCUT2D eigenvalue weighted by Gasteiger charge is -2.12. The highest BCUT2D eigenvalue weighted by Gasteiger charge is 2.16. The first-order valence-electron chi connectivity index (χ1n) is 9.29. The molecule has 8 nitrogen and oxygen atoms in total. The van der Waals surface area contributed by atoms with Gasteiger partial charge in [-0.1, -0.05) is 39.3 Å². The van der Waals surface area contributed by atoms with Gasteiger partial charge < -0.3 is 15.4 Å². The predicted octanol–water partition coefficient (Wildman–Crippen LogP) is 2.54. The van der Waals surface area contributed by atoms with Crippen LogP contribution in [0.4, 0.5) is 5.69 Å². The number of benzene rings is 1. The van der Waals surface area contributed by atoms with E-state index in [0.29, 0.717) is 23.7 Å². The third-order valence-electron chi connectivity index (χ3n) is 3.81. The van der Waals surface area contributed by atoms with Crippen LogP contribution in [0.15, 0.2) is 30.3 Å². The normalized spacial score (nSPS) is 10.6. The van der Waals surface area contributed by atoms with E-state index in [9.17, 15) is 14.4 Å². The van der Waals surface area contributed by atoms with Crippen molar-refractivity contribution in [1.82, 2.24) is 15.5 Å². The van der Waals surface area contributed by atoms with Gasteiger partial charge in [0.15, 0.2) is 12.3 Å². The molecule has 1 aromatic heterocycles. The number of aromatic nitrogens is 2. The molecule has 0 aliphatic rings. The minimum atomic E-state index is -0.684. The number of ether oxygens (including phenoxy) is 1. The zero-order valence-corrected chi connectivity index (χ0v) is 16.4. The Hall–Kier alpha value is -3.16. The van der Waals surface area contributed by atoms with Gasteiger partial charge in [-0.05, 0) is 30.5 Å². The third-order valence-corrected chi connectivity index (χ3v) is 3.81. The second kappa shape index (κ2) is 10.2. The van der Waals surface area contributed by atoms with Crippen LogP contribution < -0.4 is 10.6 Å². The number of aromatic amines is 1. The highest BCUT2D eigenvalue weighted by atomic mass is 16.5. The molecule has 8 heteroatoms. The molecule has 0 saturated heterocycles. The summed E-state index contributed by atoms with van der Waals surface area (Å²) in [4.78, 5) is 36.4. The SMILES string of the molecule is CCCc1cc(C(=O)OCC(=O)Nc2ccccc2C(=O)NCC(C)C)n[nH]1. The molecule has 0 aliphatic heterocycles. The van der Waals surface area contributed by atoms with Crippen LogP contribution >= 0.6 is 0 Å². The van der Waals surface area contributed by atoms with Crippen LogP contribution in [0.2, 0.25) is 0 Å². The molecule has 0 spiro atoms. The van der Waals surface area contributed by atoms with Gasteiger partial charge in [0.25, 0.3) is 11.8 Å². The minimum absolute atomic E-state index is 0.129.